The SMILES string of the molecule is CC.CCO[C-]=O.O=C(O)c1ccc([S-])c(Cl)c1.[Y]. The van der Waals surface area contributed by atoms with Gasteiger partial charge in [0.15, 0.2) is 0 Å². The molecule has 19 heavy (non-hydrogen) atoms. The van der Waals surface area contributed by atoms with E-state index in [1.165, 1.54) is 24.7 Å². The summed E-state index contributed by atoms with van der Waals surface area (Å²) in [5, 5.41) is 8.81. The van der Waals surface area contributed by atoms with Gasteiger partial charge in [0.05, 0.1) is 5.56 Å². The van der Waals surface area contributed by atoms with Gasteiger partial charge in [-0.1, -0.05) is 38.0 Å². The number of ether oxygens (including phenoxy) is 1. The fraction of sp³-hybridized carbons (Fsp3) is 0.333. The molecule has 0 aliphatic carbocycles. The molecular weight excluding hydrogens is 365 g/mol. The number of benzene rings is 1. The standard InChI is InChI=1S/C7H5ClO2S.C3H5O2.C2H6.Y/c8-5-3-4(7(9)10)1-2-6(5)11;1-2-5-3-4;1-2;/h1-3,11H,(H,9,10);2H2,1H3;1-2H3;/q;-1;;/p-1. The third-order valence-electron chi connectivity index (χ3n) is 1.38. The zero-order chi connectivity index (χ0) is 14.6. The van der Waals surface area contributed by atoms with E-state index in [0.717, 1.165) is 0 Å². The molecule has 1 radical (unpaired) electrons. The largest absolute Gasteiger partial charge is 0.778 e. The molecule has 0 atom stereocenters. The summed E-state index contributed by atoms with van der Waals surface area (Å²) in [7, 11) is 0. The number of carbonyl (C=O) groups excluding carboxylic acids is 1. The molecule has 1 aromatic carbocycles. The maximum Gasteiger partial charge on any atom is 0.335 e. The summed E-state index contributed by atoms with van der Waals surface area (Å²) in [4.78, 5) is 19.9. The van der Waals surface area contributed by atoms with Crippen LogP contribution in [0.15, 0.2) is 23.1 Å². The van der Waals surface area contributed by atoms with E-state index in [-0.39, 0.29) is 38.3 Å². The molecule has 7 heteroatoms. The van der Waals surface area contributed by atoms with Crippen molar-refractivity contribution in [2.45, 2.75) is 25.7 Å². The second kappa shape index (κ2) is 15.8. The molecule has 0 bridgehead atoms. The number of carboxylic acids is 1. The normalized spacial score (nSPS) is 7.58. The van der Waals surface area contributed by atoms with Crippen molar-refractivity contribution < 1.29 is 52.1 Å². The van der Waals surface area contributed by atoms with E-state index in [4.69, 9.17) is 34.1 Å². The van der Waals surface area contributed by atoms with Crippen molar-refractivity contribution in [3.8, 4) is 0 Å². The van der Waals surface area contributed by atoms with Crippen LogP contribution in [0.1, 0.15) is 31.1 Å². The van der Waals surface area contributed by atoms with E-state index in [0.29, 0.717) is 16.5 Å². The van der Waals surface area contributed by atoms with Crippen LogP contribution in [0, 0.1) is 0 Å². The van der Waals surface area contributed by atoms with Crippen molar-refractivity contribution in [3.05, 3.63) is 28.8 Å². The second-order valence-electron chi connectivity index (χ2n) is 2.47. The van der Waals surface area contributed by atoms with Gasteiger partial charge in [-0.2, -0.15) is 4.90 Å². The first-order chi connectivity index (χ1) is 8.52. The molecule has 0 saturated heterocycles. The predicted octanol–water partition coefficient (Wildman–Crippen LogP) is 3.06. The van der Waals surface area contributed by atoms with Crippen LogP contribution in [0.2, 0.25) is 5.02 Å². The molecular formula is C12H15ClO4SY-2. The topological polar surface area (TPSA) is 63.6 Å². The minimum atomic E-state index is -0.998. The summed E-state index contributed by atoms with van der Waals surface area (Å²) < 4.78 is 4.03. The molecule has 0 amide bonds. The van der Waals surface area contributed by atoms with Crippen molar-refractivity contribution in [1.29, 1.82) is 0 Å². The molecule has 0 aromatic heterocycles. The van der Waals surface area contributed by atoms with Gasteiger partial charge in [-0.05, 0) is 19.1 Å². The maximum absolute atomic E-state index is 10.4. The second-order valence-corrected chi connectivity index (χ2v) is 3.31. The Morgan fingerprint density at radius 1 is 1.47 bits per heavy atom. The summed E-state index contributed by atoms with van der Waals surface area (Å²) in [5.74, 6) is -0.998. The van der Waals surface area contributed by atoms with Gasteiger partial charge in [0.1, 0.15) is 0 Å². The summed E-state index contributed by atoms with van der Waals surface area (Å²) in [6.07, 6.45) is 0. The third-order valence-corrected chi connectivity index (χ3v) is 2.16. The van der Waals surface area contributed by atoms with Crippen LogP contribution in [0.25, 0.3) is 0 Å². The van der Waals surface area contributed by atoms with Crippen LogP contribution >= 0.6 is 11.6 Å². The number of hydrogen-bond acceptors (Lipinski definition) is 4. The van der Waals surface area contributed by atoms with Crippen molar-refractivity contribution >= 4 is 36.7 Å². The monoisotopic (exact) mass is 379 g/mol. The van der Waals surface area contributed by atoms with Crippen LogP contribution in [0.4, 0.5) is 0 Å². The molecule has 105 valence electrons. The van der Waals surface area contributed by atoms with Gasteiger partial charge in [-0.3, -0.25) is 0 Å². The molecule has 1 N–H and O–H groups in total. The maximum atomic E-state index is 10.4. The molecule has 0 aliphatic heterocycles. The number of halogens is 1. The quantitative estimate of drug-likeness (QED) is 0.646. The summed E-state index contributed by atoms with van der Waals surface area (Å²) in [5.41, 5.74) is 0.156. The molecule has 4 nitrogen and oxygen atoms in total. The first-order valence-electron chi connectivity index (χ1n) is 5.21. The van der Waals surface area contributed by atoms with E-state index in [2.05, 4.69) is 4.74 Å². The van der Waals surface area contributed by atoms with E-state index < -0.39 is 5.97 Å². The molecule has 0 heterocycles. The molecule has 0 spiro atoms. The van der Waals surface area contributed by atoms with Gasteiger partial charge in [0.25, 0.3) is 0 Å². The van der Waals surface area contributed by atoms with Gasteiger partial charge in [0.2, 0.25) is 0 Å². The summed E-state index contributed by atoms with van der Waals surface area (Å²) in [6, 6.07) is 4.27. The average Bonchev–Trinajstić information content (AvgIpc) is 2.37. The molecule has 0 unspecified atom stereocenters. The van der Waals surface area contributed by atoms with E-state index in [9.17, 15) is 4.79 Å². The average molecular weight is 380 g/mol. The van der Waals surface area contributed by atoms with Crippen LogP contribution in [0.3, 0.4) is 0 Å². The molecule has 1 aromatic rings. The number of carbonyl (C=O) groups is 1. The Labute approximate surface area is 149 Å². The Kier molecular flexibility index (Phi) is 19.9. The zero-order valence-electron chi connectivity index (χ0n) is 11.0. The number of rotatable bonds is 3. The van der Waals surface area contributed by atoms with Gasteiger partial charge in [0, 0.05) is 44.3 Å². The predicted molar refractivity (Wildman–Crippen MR) is 72.7 cm³/mol. The first-order valence-corrected chi connectivity index (χ1v) is 6.00. The van der Waals surface area contributed by atoms with Gasteiger partial charge in [-0.15, -0.1) is 0 Å². The third kappa shape index (κ3) is 12.5. The Balaban J connectivity index is -0.000000275. The Morgan fingerprint density at radius 3 is 2.26 bits per heavy atom. The van der Waals surface area contributed by atoms with E-state index >= 15 is 0 Å². The Morgan fingerprint density at radius 2 is 2.00 bits per heavy atom. The van der Waals surface area contributed by atoms with Gasteiger partial charge < -0.3 is 27.3 Å². The number of aromatic carboxylic acids is 1. The van der Waals surface area contributed by atoms with E-state index in [1.807, 2.05) is 13.8 Å². The zero-order valence-corrected chi connectivity index (χ0v) is 15.4. The van der Waals surface area contributed by atoms with Crippen molar-refractivity contribution in [2.75, 3.05) is 6.61 Å². The van der Waals surface area contributed by atoms with Crippen molar-refractivity contribution in [1.82, 2.24) is 0 Å². The van der Waals surface area contributed by atoms with Crippen molar-refractivity contribution in [2.24, 2.45) is 0 Å². The first kappa shape index (κ1) is 23.8. The van der Waals surface area contributed by atoms with Crippen molar-refractivity contribution in [3.63, 3.8) is 0 Å². The van der Waals surface area contributed by atoms with Crippen LogP contribution in [-0.4, -0.2) is 24.2 Å². The minimum absolute atomic E-state index is 0. The smallest absolute Gasteiger partial charge is 0.335 e. The summed E-state index contributed by atoms with van der Waals surface area (Å²) >= 11 is 10.4. The van der Waals surface area contributed by atoms with Crippen LogP contribution < -0.4 is 0 Å². The van der Waals surface area contributed by atoms with Crippen LogP contribution in [0.5, 0.6) is 0 Å². The van der Waals surface area contributed by atoms with Gasteiger partial charge in [-0.25, -0.2) is 4.79 Å². The molecule has 1 rings (SSSR count). The number of carboxylic acid groups (broad SMARTS) is 1. The Bertz CT molecular complexity index is 375. The number of hydrogen-bond donors (Lipinski definition) is 1. The summed E-state index contributed by atoms with van der Waals surface area (Å²) in [6.45, 7) is 7.41. The fourth-order valence-electron chi connectivity index (χ4n) is 0.693. The van der Waals surface area contributed by atoms with Crippen LogP contribution in [-0.2, 0) is 54.9 Å². The molecule has 0 aliphatic rings. The Hall–Kier alpha value is -0.226. The molecule has 0 fully saturated rings. The van der Waals surface area contributed by atoms with E-state index in [1.54, 1.807) is 6.92 Å². The fourth-order valence-corrected chi connectivity index (χ4v) is 1.00. The minimum Gasteiger partial charge on any atom is -0.778 e. The molecule has 0 saturated carbocycles. The van der Waals surface area contributed by atoms with Gasteiger partial charge >= 0.3 is 5.97 Å².